The van der Waals surface area contributed by atoms with Gasteiger partial charge in [-0.05, 0) is 61.4 Å². The molecule has 0 saturated carbocycles. The summed E-state index contributed by atoms with van der Waals surface area (Å²) in [6.07, 6.45) is -0.660. The minimum atomic E-state index is -0.660. The third-order valence-electron chi connectivity index (χ3n) is 3.08. The molecular weight excluding hydrogens is 328 g/mol. The molecule has 2 aromatic carbocycles. The maximum atomic E-state index is 11.8. The van der Waals surface area contributed by atoms with E-state index in [0.29, 0.717) is 34.8 Å². The van der Waals surface area contributed by atoms with Gasteiger partial charge in [0.05, 0.1) is 6.61 Å². The van der Waals surface area contributed by atoms with Gasteiger partial charge in [-0.3, -0.25) is 0 Å². The van der Waals surface area contributed by atoms with Gasteiger partial charge in [-0.2, -0.15) is 0 Å². The lowest BCUT2D eigenvalue weighted by atomic mass is 10.2. The highest BCUT2D eigenvalue weighted by molar-refractivity contribution is 6.30. The fraction of sp³-hybridized carbons (Fsp3) is 0.316. The average Bonchev–Trinajstić information content (AvgIpc) is 2.56. The van der Waals surface area contributed by atoms with Gasteiger partial charge in [-0.25, -0.2) is 4.79 Å². The van der Waals surface area contributed by atoms with Gasteiger partial charge in [-0.15, -0.1) is 0 Å². The molecule has 128 valence electrons. The predicted molar refractivity (Wildman–Crippen MR) is 93.9 cm³/mol. The summed E-state index contributed by atoms with van der Waals surface area (Å²) in [6.45, 7) is 6.03. The highest BCUT2D eigenvalue weighted by Gasteiger charge is 2.16. The number of hydrogen-bond acceptors (Lipinski definition) is 4. The highest BCUT2D eigenvalue weighted by Crippen LogP contribution is 2.25. The molecule has 0 bridgehead atoms. The maximum Gasteiger partial charge on any atom is 0.347 e. The highest BCUT2D eigenvalue weighted by atomic mass is 35.5. The summed E-state index contributed by atoms with van der Waals surface area (Å²) in [6, 6.07) is 14.2. The molecule has 0 unspecified atom stereocenters. The van der Waals surface area contributed by atoms with Crippen LogP contribution >= 0.6 is 11.6 Å². The van der Waals surface area contributed by atoms with Crippen molar-refractivity contribution in [3.05, 3.63) is 53.6 Å². The van der Waals surface area contributed by atoms with Gasteiger partial charge in [0.15, 0.2) is 6.10 Å². The first-order valence-electron chi connectivity index (χ1n) is 7.81. The smallest absolute Gasteiger partial charge is 0.347 e. The molecule has 0 aromatic heterocycles. The van der Waals surface area contributed by atoms with Crippen molar-refractivity contribution in [3.8, 4) is 17.2 Å². The van der Waals surface area contributed by atoms with Gasteiger partial charge >= 0.3 is 5.97 Å². The van der Waals surface area contributed by atoms with E-state index in [1.54, 1.807) is 55.5 Å². The predicted octanol–water partition coefficient (Wildman–Crippen LogP) is 5.10. The standard InChI is InChI=1S/C19H21ClO4/c1-13(2)12-22-19(21)14(3)23-16-8-10-18(11-9-16)24-17-6-4-15(20)5-7-17/h4-11,13-14H,12H2,1-3H3/t14-/m1/s1. The van der Waals surface area contributed by atoms with Crippen LogP contribution in [0.5, 0.6) is 17.2 Å². The first-order chi connectivity index (χ1) is 11.4. The molecule has 0 radical (unpaired) electrons. The molecule has 0 N–H and O–H groups in total. The van der Waals surface area contributed by atoms with Gasteiger partial charge < -0.3 is 14.2 Å². The molecule has 24 heavy (non-hydrogen) atoms. The molecule has 2 aromatic rings. The first kappa shape index (κ1) is 18.1. The number of ether oxygens (including phenoxy) is 3. The Labute approximate surface area is 147 Å². The minimum absolute atomic E-state index is 0.297. The molecule has 0 heterocycles. The van der Waals surface area contributed by atoms with Crippen LogP contribution in [0.15, 0.2) is 48.5 Å². The molecule has 4 nitrogen and oxygen atoms in total. The largest absolute Gasteiger partial charge is 0.479 e. The first-order valence-corrected chi connectivity index (χ1v) is 8.18. The maximum absolute atomic E-state index is 11.8. The number of halogens is 1. The van der Waals surface area contributed by atoms with Crippen LogP contribution in [-0.4, -0.2) is 18.7 Å². The van der Waals surface area contributed by atoms with E-state index in [2.05, 4.69) is 0 Å². The average molecular weight is 349 g/mol. The molecule has 0 aliphatic carbocycles. The summed E-state index contributed by atoms with van der Waals surface area (Å²) in [7, 11) is 0. The number of esters is 1. The number of carbonyl (C=O) groups is 1. The topological polar surface area (TPSA) is 44.8 Å². The van der Waals surface area contributed by atoms with Crippen molar-refractivity contribution < 1.29 is 19.0 Å². The van der Waals surface area contributed by atoms with Gasteiger partial charge in [-0.1, -0.05) is 25.4 Å². The van der Waals surface area contributed by atoms with Crippen LogP contribution in [0, 0.1) is 5.92 Å². The summed E-state index contributed by atoms with van der Waals surface area (Å²) in [5, 5.41) is 0.657. The quantitative estimate of drug-likeness (QED) is 0.653. The summed E-state index contributed by atoms with van der Waals surface area (Å²) in [5.41, 5.74) is 0. The Morgan fingerprint density at radius 1 is 0.917 bits per heavy atom. The molecule has 0 fully saturated rings. The van der Waals surface area contributed by atoms with Crippen LogP contribution in [0.25, 0.3) is 0 Å². The second-order valence-corrected chi connectivity index (χ2v) is 6.25. The molecule has 0 aliphatic rings. The van der Waals surface area contributed by atoms with Gasteiger partial charge in [0.1, 0.15) is 17.2 Å². The normalized spacial score (nSPS) is 11.9. The number of carbonyl (C=O) groups excluding carboxylic acids is 1. The zero-order chi connectivity index (χ0) is 17.5. The van der Waals surface area contributed by atoms with Crippen LogP contribution in [0.1, 0.15) is 20.8 Å². The van der Waals surface area contributed by atoms with Crippen LogP contribution in [-0.2, 0) is 9.53 Å². The third kappa shape index (κ3) is 5.78. The van der Waals surface area contributed by atoms with Crippen molar-refractivity contribution in [1.29, 1.82) is 0 Å². The fourth-order valence-corrected chi connectivity index (χ4v) is 1.97. The number of rotatable bonds is 7. The van der Waals surface area contributed by atoms with Crippen LogP contribution < -0.4 is 9.47 Å². The van der Waals surface area contributed by atoms with Crippen LogP contribution in [0.2, 0.25) is 5.02 Å². The summed E-state index contributed by atoms with van der Waals surface area (Å²) >= 11 is 5.84. The van der Waals surface area contributed by atoms with E-state index in [-0.39, 0.29) is 5.97 Å². The van der Waals surface area contributed by atoms with Crippen LogP contribution in [0.4, 0.5) is 0 Å². The van der Waals surface area contributed by atoms with Crippen molar-refractivity contribution in [1.82, 2.24) is 0 Å². The Hall–Kier alpha value is -2.20. The summed E-state index contributed by atoms with van der Waals surface area (Å²) < 4.78 is 16.4. The van der Waals surface area contributed by atoms with E-state index < -0.39 is 6.10 Å². The Morgan fingerprint density at radius 2 is 1.42 bits per heavy atom. The van der Waals surface area contributed by atoms with E-state index in [4.69, 9.17) is 25.8 Å². The summed E-state index contributed by atoms with van der Waals surface area (Å²) in [4.78, 5) is 11.8. The Morgan fingerprint density at radius 3 is 1.96 bits per heavy atom. The van der Waals surface area contributed by atoms with Crippen molar-refractivity contribution in [2.24, 2.45) is 5.92 Å². The van der Waals surface area contributed by atoms with Crippen molar-refractivity contribution in [3.63, 3.8) is 0 Å². The van der Waals surface area contributed by atoms with E-state index in [1.165, 1.54) is 0 Å². The SMILES string of the molecule is CC(C)COC(=O)[C@@H](C)Oc1ccc(Oc2ccc(Cl)cc2)cc1. The van der Waals surface area contributed by atoms with Crippen molar-refractivity contribution in [2.75, 3.05) is 6.61 Å². The Balaban J connectivity index is 1.89. The minimum Gasteiger partial charge on any atom is -0.479 e. The molecular formula is C19H21ClO4. The van der Waals surface area contributed by atoms with E-state index >= 15 is 0 Å². The molecule has 0 saturated heterocycles. The van der Waals surface area contributed by atoms with Gasteiger partial charge in [0.25, 0.3) is 0 Å². The number of benzene rings is 2. The zero-order valence-corrected chi connectivity index (χ0v) is 14.7. The Bertz CT molecular complexity index is 650. The van der Waals surface area contributed by atoms with Crippen molar-refractivity contribution >= 4 is 17.6 Å². The molecule has 5 heteroatoms. The molecule has 2 rings (SSSR count). The molecule has 0 amide bonds. The van der Waals surface area contributed by atoms with Crippen LogP contribution in [0.3, 0.4) is 0 Å². The van der Waals surface area contributed by atoms with E-state index in [1.807, 2.05) is 13.8 Å². The van der Waals surface area contributed by atoms with E-state index in [0.717, 1.165) is 0 Å². The van der Waals surface area contributed by atoms with E-state index in [9.17, 15) is 4.79 Å². The lowest BCUT2D eigenvalue weighted by Gasteiger charge is -2.15. The van der Waals surface area contributed by atoms with Crippen molar-refractivity contribution in [2.45, 2.75) is 26.9 Å². The zero-order valence-electron chi connectivity index (χ0n) is 14.0. The lowest BCUT2D eigenvalue weighted by Crippen LogP contribution is -2.27. The fourth-order valence-electron chi connectivity index (χ4n) is 1.84. The second kappa shape index (κ2) is 8.60. The lowest BCUT2D eigenvalue weighted by molar-refractivity contribution is -0.152. The van der Waals surface area contributed by atoms with Gasteiger partial charge in [0, 0.05) is 5.02 Å². The molecule has 1 atom stereocenters. The Kier molecular flexibility index (Phi) is 6.50. The second-order valence-electron chi connectivity index (χ2n) is 5.81. The third-order valence-corrected chi connectivity index (χ3v) is 3.33. The summed E-state index contributed by atoms with van der Waals surface area (Å²) in [5.74, 6) is 1.86. The molecule has 0 spiro atoms. The monoisotopic (exact) mass is 348 g/mol. The van der Waals surface area contributed by atoms with Gasteiger partial charge in [0.2, 0.25) is 0 Å². The number of hydrogen-bond donors (Lipinski definition) is 0. The molecule has 0 aliphatic heterocycles.